The smallest absolute Gasteiger partial charge is 0.249 e. The molecule has 0 atom stereocenters. The molecule has 3 nitrogen and oxygen atoms in total. The summed E-state index contributed by atoms with van der Waals surface area (Å²) in [5, 5.41) is 9.06. The number of thiol groups is 1. The first-order chi connectivity index (χ1) is 5.13. The predicted octanol–water partition coefficient (Wildman–Crippen LogP) is 0.780. The third-order valence-electron chi connectivity index (χ3n) is 1.28. The number of phenols is 1. The molecule has 58 valence electrons. The number of phenolic OH excluding ortho intramolecular Hbond substituents is 1. The molecule has 0 unspecified atom stereocenters. The Hall–Kier alpha value is -1.16. The normalized spacial score (nSPS) is 9.55. The highest BCUT2D eigenvalue weighted by Crippen LogP contribution is 2.23. The monoisotopic (exact) mass is 169 g/mol. The highest BCUT2D eigenvalue weighted by molar-refractivity contribution is 7.80. The first-order valence-corrected chi connectivity index (χ1v) is 3.38. The van der Waals surface area contributed by atoms with E-state index in [-0.39, 0.29) is 16.2 Å². The highest BCUT2D eigenvalue weighted by Gasteiger charge is 2.07. The van der Waals surface area contributed by atoms with E-state index < -0.39 is 5.91 Å². The van der Waals surface area contributed by atoms with Crippen molar-refractivity contribution in [2.45, 2.75) is 4.90 Å². The maximum atomic E-state index is 10.6. The van der Waals surface area contributed by atoms with Gasteiger partial charge in [0.15, 0.2) is 0 Å². The van der Waals surface area contributed by atoms with Crippen LogP contribution in [-0.4, -0.2) is 11.0 Å². The van der Waals surface area contributed by atoms with E-state index in [9.17, 15) is 4.79 Å². The van der Waals surface area contributed by atoms with Gasteiger partial charge >= 0.3 is 0 Å². The van der Waals surface area contributed by atoms with Gasteiger partial charge in [0.25, 0.3) is 0 Å². The van der Waals surface area contributed by atoms with E-state index in [1.165, 1.54) is 18.2 Å². The molecular formula is C7H7NO2S. The van der Waals surface area contributed by atoms with Crippen LogP contribution in [0.2, 0.25) is 0 Å². The van der Waals surface area contributed by atoms with Crippen molar-refractivity contribution in [3.8, 4) is 5.75 Å². The topological polar surface area (TPSA) is 63.3 Å². The van der Waals surface area contributed by atoms with Crippen molar-refractivity contribution < 1.29 is 9.90 Å². The molecule has 1 aromatic carbocycles. The van der Waals surface area contributed by atoms with E-state index in [1.54, 1.807) is 0 Å². The summed E-state index contributed by atoms with van der Waals surface area (Å²) in [4.78, 5) is 10.9. The minimum Gasteiger partial charge on any atom is -0.507 e. The van der Waals surface area contributed by atoms with Crippen molar-refractivity contribution >= 4 is 18.5 Å². The summed E-state index contributed by atoms with van der Waals surface area (Å²) in [7, 11) is 0. The summed E-state index contributed by atoms with van der Waals surface area (Å²) in [6, 6.07) is 4.48. The number of hydrogen-bond acceptors (Lipinski definition) is 3. The molecule has 0 saturated heterocycles. The molecule has 0 bridgehead atoms. The number of amides is 1. The van der Waals surface area contributed by atoms with E-state index in [4.69, 9.17) is 10.8 Å². The molecule has 0 spiro atoms. The average molecular weight is 169 g/mol. The Bertz CT molecular complexity index is 298. The molecule has 0 aliphatic carbocycles. The zero-order chi connectivity index (χ0) is 8.43. The van der Waals surface area contributed by atoms with Crippen molar-refractivity contribution in [2.24, 2.45) is 5.73 Å². The summed E-state index contributed by atoms with van der Waals surface area (Å²) in [6.07, 6.45) is 0. The van der Waals surface area contributed by atoms with Gasteiger partial charge in [-0.2, -0.15) is 0 Å². The molecule has 1 rings (SSSR count). The maximum absolute atomic E-state index is 10.6. The molecule has 0 aromatic heterocycles. The van der Waals surface area contributed by atoms with Crippen LogP contribution in [-0.2, 0) is 0 Å². The number of primary amides is 1. The lowest BCUT2D eigenvalue weighted by Gasteiger charge is -2.00. The second-order valence-corrected chi connectivity index (χ2v) is 2.48. The fourth-order valence-electron chi connectivity index (χ4n) is 0.730. The Labute approximate surface area is 69.2 Å². The summed E-state index contributed by atoms with van der Waals surface area (Å²) in [6.45, 7) is 0. The van der Waals surface area contributed by atoms with Gasteiger partial charge in [0.05, 0.1) is 10.5 Å². The Morgan fingerprint density at radius 1 is 1.55 bits per heavy atom. The molecule has 0 heterocycles. The summed E-state index contributed by atoms with van der Waals surface area (Å²) < 4.78 is 0. The van der Waals surface area contributed by atoms with Crippen molar-refractivity contribution in [3.63, 3.8) is 0 Å². The Balaban J connectivity index is 3.27. The van der Waals surface area contributed by atoms with Crippen LogP contribution in [0.5, 0.6) is 5.75 Å². The SMILES string of the molecule is NC(=O)c1cccc(O)c1S. The predicted molar refractivity (Wildman–Crippen MR) is 43.9 cm³/mol. The van der Waals surface area contributed by atoms with Crippen LogP contribution in [0.1, 0.15) is 10.4 Å². The molecule has 4 heteroatoms. The maximum Gasteiger partial charge on any atom is 0.249 e. The first-order valence-electron chi connectivity index (χ1n) is 2.93. The van der Waals surface area contributed by atoms with Gasteiger partial charge in [0.2, 0.25) is 5.91 Å². The zero-order valence-corrected chi connectivity index (χ0v) is 6.51. The number of carbonyl (C=O) groups is 1. The molecule has 0 aliphatic rings. The van der Waals surface area contributed by atoms with Crippen molar-refractivity contribution in [1.29, 1.82) is 0 Å². The second kappa shape index (κ2) is 2.84. The molecule has 0 radical (unpaired) electrons. The van der Waals surface area contributed by atoms with Gasteiger partial charge in [0.1, 0.15) is 5.75 Å². The molecule has 1 amide bonds. The lowest BCUT2D eigenvalue weighted by Crippen LogP contribution is -2.11. The van der Waals surface area contributed by atoms with Gasteiger partial charge in [-0.3, -0.25) is 4.79 Å². The molecule has 1 aromatic rings. The van der Waals surface area contributed by atoms with Gasteiger partial charge in [-0.1, -0.05) is 6.07 Å². The second-order valence-electron chi connectivity index (χ2n) is 2.04. The Morgan fingerprint density at radius 2 is 2.18 bits per heavy atom. The van der Waals surface area contributed by atoms with Gasteiger partial charge in [-0.25, -0.2) is 0 Å². The number of hydrogen-bond donors (Lipinski definition) is 3. The van der Waals surface area contributed by atoms with E-state index in [0.29, 0.717) is 0 Å². The lowest BCUT2D eigenvalue weighted by atomic mass is 10.2. The van der Waals surface area contributed by atoms with E-state index in [1.807, 2.05) is 0 Å². The fourth-order valence-corrected chi connectivity index (χ4v) is 0.989. The van der Waals surface area contributed by atoms with Crippen LogP contribution >= 0.6 is 12.6 Å². The van der Waals surface area contributed by atoms with Gasteiger partial charge < -0.3 is 10.8 Å². The van der Waals surface area contributed by atoms with Crippen LogP contribution in [0, 0.1) is 0 Å². The standard InChI is InChI=1S/C7H7NO2S/c8-7(10)4-2-1-3-5(9)6(4)11/h1-3,9,11H,(H2,8,10). The van der Waals surface area contributed by atoms with E-state index >= 15 is 0 Å². The highest BCUT2D eigenvalue weighted by atomic mass is 32.1. The van der Waals surface area contributed by atoms with Crippen LogP contribution in [0.3, 0.4) is 0 Å². The molecular weight excluding hydrogens is 162 g/mol. The van der Waals surface area contributed by atoms with E-state index in [0.717, 1.165) is 0 Å². The Kier molecular flexibility index (Phi) is 2.05. The van der Waals surface area contributed by atoms with Crippen molar-refractivity contribution in [1.82, 2.24) is 0 Å². The lowest BCUT2D eigenvalue weighted by molar-refractivity contribution is 0.0997. The van der Waals surface area contributed by atoms with Crippen LogP contribution < -0.4 is 5.73 Å². The van der Waals surface area contributed by atoms with Crippen LogP contribution in [0.25, 0.3) is 0 Å². The molecule has 0 fully saturated rings. The van der Waals surface area contributed by atoms with Gasteiger partial charge in [0, 0.05) is 0 Å². The first kappa shape index (κ1) is 7.94. The van der Waals surface area contributed by atoms with Crippen LogP contribution in [0.4, 0.5) is 0 Å². The number of nitrogens with two attached hydrogens (primary N) is 1. The number of aromatic hydroxyl groups is 1. The number of carbonyl (C=O) groups excluding carboxylic acids is 1. The van der Waals surface area contributed by atoms with Crippen LogP contribution in [0.15, 0.2) is 23.1 Å². The van der Waals surface area contributed by atoms with Crippen molar-refractivity contribution in [2.75, 3.05) is 0 Å². The van der Waals surface area contributed by atoms with Gasteiger partial charge in [-0.05, 0) is 12.1 Å². The fraction of sp³-hybridized carbons (Fsp3) is 0. The zero-order valence-electron chi connectivity index (χ0n) is 5.61. The Morgan fingerprint density at radius 3 is 2.64 bits per heavy atom. The quantitative estimate of drug-likeness (QED) is 0.544. The third kappa shape index (κ3) is 1.46. The summed E-state index contributed by atoms with van der Waals surface area (Å²) >= 11 is 3.90. The number of benzene rings is 1. The summed E-state index contributed by atoms with van der Waals surface area (Å²) in [5.74, 6) is -0.629. The minimum absolute atomic E-state index is 0.0374. The number of rotatable bonds is 1. The third-order valence-corrected chi connectivity index (χ3v) is 1.75. The molecule has 0 aliphatic heterocycles. The molecule has 3 N–H and O–H groups in total. The largest absolute Gasteiger partial charge is 0.507 e. The molecule has 0 saturated carbocycles. The summed E-state index contributed by atoms with van der Waals surface area (Å²) in [5.41, 5.74) is 5.21. The van der Waals surface area contributed by atoms with E-state index in [2.05, 4.69) is 12.6 Å². The van der Waals surface area contributed by atoms with Crippen molar-refractivity contribution in [3.05, 3.63) is 23.8 Å². The van der Waals surface area contributed by atoms with Gasteiger partial charge in [-0.15, -0.1) is 12.6 Å². The molecule has 11 heavy (non-hydrogen) atoms. The average Bonchev–Trinajstić information content (AvgIpc) is 1.94. The minimum atomic E-state index is -0.592.